The van der Waals surface area contributed by atoms with Gasteiger partial charge in [0.15, 0.2) is 0 Å². The van der Waals surface area contributed by atoms with Gasteiger partial charge < -0.3 is 48.1 Å². The molecule has 0 unspecified atom stereocenters. The summed E-state index contributed by atoms with van der Waals surface area (Å²) in [6.45, 7) is 27.9. The predicted octanol–water partition coefficient (Wildman–Crippen LogP) is 17.9. The van der Waals surface area contributed by atoms with E-state index < -0.39 is 26.7 Å². The predicted molar refractivity (Wildman–Crippen MR) is 393 cm³/mol. The molecule has 0 aliphatic heterocycles. The molecule has 11 N–H and O–H groups in total. The Morgan fingerprint density at radius 2 is 0.720 bits per heavy atom. The average Bonchev–Trinajstić information content (AvgIpc) is 0.883. The van der Waals surface area contributed by atoms with Gasteiger partial charge in [-0.2, -0.15) is 0 Å². The number of ether oxygens (including phenoxy) is 1. The van der Waals surface area contributed by atoms with Crippen molar-refractivity contribution in [3.05, 3.63) is 251 Å². The number of nitrogens with zero attached hydrogens (tertiary/aromatic N) is 6. The van der Waals surface area contributed by atoms with Crippen LogP contribution >= 0.6 is 15.9 Å². The van der Waals surface area contributed by atoms with E-state index in [4.69, 9.17) is 33.4 Å². The Labute approximate surface area is 559 Å². The molecule has 8 rings (SSSR count). The van der Waals surface area contributed by atoms with Gasteiger partial charge in [-0.1, -0.05) is 193 Å². The van der Waals surface area contributed by atoms with Crippen LogP contribution in [0.5, 0.6) is 0 Å². The van der Waals surface area contributed by atoms with Crippen molar-refractivity contribution in [2.45, 2.75) is 116 Å². The largest absolute Gasteiger partial charge is 0.450 e. The van der Waals surface area contributed by atoms with Crippen molar-refractivity contribution in [1.29, 1.82) is 0 Å². The third-order valence-electron chi connectivity index (χ3n) is 13.0. The smallest absolute Gasteiger partial charge is 0.411 e. The van der Waals surface area contributed by atoms with Crippen molar-refractivity contribution in [3.8, 4) is 0 Å². The Bertz CT molecular complexity index is 3320. The number of nitro benzene ring substituents is 3. The summed E-state index contributed by atoms with van der Waals surface area (Å²) in [5.74, 6) is 1.28. The first-order valence-corrected chi connectivity index (χ1v) is 32.0. The molecule has 0 aromatic heterocycles. The summed E-state index contributed by atoms with van der Waals surface area (Å²) in [6.07, 6.45) is -0.496. The molecular formula is C71H100BrFN12O8. The van der Waals surface area contributed by atoms with Crippen molar-refractivity contribution in [1.82, 2.24) is 0 Å². The number of hydrogen-bond donors (Lipinski definition) is 6. The Morgan fingerprint density at radius 1 is 0.452 bits per heavy atom. The van der Waals surface area contributed by atoms with Crippen LogP contribution in [0.15, 0.2) is 170 Å². The van der Waals surface area contributed by atoms with Crippen LogP contribution in [0.3, 0.4) is 0 Å². The van der Waals surface area contributed by atoms with Gasteiger partial charge in [0.25, 0.3) is 17.1 Å². The summed E-state index contributed by atoms with van der Waals surface area (Å²) in [6, 6.07) is 52.5. The van der Waals surface area contributed by atoms with Crippen LogP contribution in [0.1, 0.15) is 107 Å². The lowest BCUT2D eigenvalue weighted by molar-refractivity contribution is -0.384. The Kier molecular flexibility index (Phi) is 44.1. The molecule has 8 aromatic rings. The summed E-state index contributed by atoms with van der Waals surface area (Å²) in [5.41, 5.74) is 39.7. The molecule has 8 aromatic carbocycles. The van der Waals surface area contributed by atoms with Gasteiger partial charge in [-0.05, 0) is 98.6 Å². The first-order chi connectivity index (χ1) is 44.5. The fourth-order valence-electron chi connectivity index (χ4n) is 8.36. The molecular weight excluding hydrogens is 1250 g/mol. The van der Waals surface area contributed by atoms with Crippen LogP contribution in [-0.2, 0) is 30.9 Å². The highest BCUT2D eigenvalue weighted by atomic mass is 79.9. The second-order valence-corrected chi connectivity index (χ2v) is 18.9. The molecule has 0 bridgehead atoms. The van der Waals surface area contributed by atoms with Crippen LogP contribution in [0.2, 0.25) is 0 Å². The molecule has 0 radical (unpaired) electrons. The van der Waals surface area contributed by atoms with Crippen LogP contribution in [0.25, 0.3) is 0 Å². The normalized spacial score (nSPS) is 9.33. The first kappa shape index (κ1) is 85.3. The topological polar surface area (TPSA) is 308 Å². The molecule has 93 heavy (non-hydrogen) atoms. The zero-order valence-corrected chi connectivity index (χ0v) is 58.9. The lowest BCUT2D eigenvalue weighted by Crippen LogP contribution is -2.19. The number of benzene rings is 8. The third-order valence-corrected chi connectivity index (χ3v) is 13.0. The zero-order chi connectivity index (χ0) is 71.3. The van der Waals surface area contributed by atoms with Crippen LogP contribution in [0, 0.1) is 63.9 Å². The molecule has 22 heteroatoms. The standard InChI is InChI=1S/C18H23N3O2.2C15H17N3O2.C7H7FN2O2.C7H9N.4C2H6.CH3Br/c1-4-23-18(22)20-15-10-11-16(13(2)17(15)19)21(3)12-14-8-6-5-7-9-14;2*1-11-13(8-9-14(15(11)16)18(19)20)17(2)10-12-6-4-3-5-7-12;1-4-5(8)2-3-6(7(4)9)10(11)12;8-6-7-4-2-1-3-5-7;5*1-2/h5-11H,4,12,19H2,1-3H3,(H,20,22);2*3-9H,10,16H2,1-2H3;2-3H,9H2,1H3;1-5H,6,8H2;4*1-2H3;1H3. The number of nitrogens with one attached hydrogen (secondary N) is 1. The minimum atomic E-state index is -0.637. The van der Waals surface area contributed by atoms with Gasteiger partial charge in [0.1, 0.15) is 22.9 Å². The monoisotopic (exact) mass is 1350 g/mol. The lowest BCUT2D eigenvalue weighted by atomic mass is 10.1. The first-order valence-electron chi connectivity index (χ1n) is 30.5. The summed E-state index contributed by atoms with van der Waals surface area (Å²) in [4.78, 5) is 48.2. The molecule has 1 amide bonds. The number of carbonyl (C=O) groups excluding carboxylic acids is 1. The highest BCUT2D eigenvalue weighted by Crippen LogP contribution is 2.35. The molecule has 0 spiro atoms. The third kappa shape index (κ3) is 28.9. The maximum absolute atomic E-state index is 12.7. The molecule has 0 saturated carbocycles. The van der Waals surface area contributed by atoms with Gasteiger partial charge in [0, 0.05) is 99.3 Å². The Morgan fingerprint density at radius 3 is 1.00 bits per heavy atom. The summed E-state index contributed by atoms with van der Waals surface area (Å²) < 4.78 is 17.6. The van der Waals surface area contributed by atoms with Gasteiger partial charge in [0.2, 0.25) is 0 Å². The summed E-state index contributed by atoms with van der Waals surface area (Å²) >= 11 is 2.94. The molecule has 0 atom stereocenters. The number of nitrogens with two attached hydrogens (primary N) is 5. The maximum Gasteiger partial charge on any atom is 0.411 e. The molecule has 0 saturated heterocycles. The van der Waals surface area contributed by atoms with Crippen molar-refractivity contribution in [3.63, 3.8) is 0 Å². The van der Waals surface area contributed by atoms with Crippen molar-refractivity contribution in [2.75, 3.05) is 76.5 Å². The molecule has 20 nitrogen and oxygen atoms in total. The van der Waals surface area contributed by atoms with Gasteiger partial charge in [0.05, 0.1) is 32.8 Å². The van der Waals surface area contributed by atoms with E-state index >= 15 is 0 Å². The van der Waals surface area contributed by atoms with E-state index in [1.165, 1.54) is 41.3 Å². The number of halogens is 2. The van der Waals surface area contributed by atoms with E-state index in [9.17, 15) is 39.5 Å². The van der Waals surface area contributed by atoms with E-state index in [2.05, 4.69) is 38.3 Å². The number of amides is 1. The average molecular weight is 1350 g/mol. The van der Waals surface area contributed by atoms with E-state index in [-0.39, 0.29) is 39.7 Å². The second-order valence-electron chi connectivity index (χ2n) is 18.9. The molecule has 0 heterocycles. The number of carbonyl (C=O) groups is 1. The molecule has 506 valence electrons. The highest BCUT2D eigenvalue weighted by Gasteiger charge is 2.20. The van der Waals surface area contributed by atoms with Crippen molar-refractivity contribution in [2.24, 2.45) is 5.73 Å². The molecule has 0 aliphatic carbocycles. The van der Waals surface area contributed by atoms with Gasteiger partial charge >= 0.3 is 6.09 Å². The van der Waals surface area contributed by atoms with Crippen molar-refractivity contribution < 1.29 is 28.7 Å². The van der Waals surface area contributed by atoms with Crippen molar-refractivity contribution >= 4 is 84.6 Å². The highest BCUT2D eigenvalue weighted by molar-refractivity contribution is 9.08. The van der Waals surface area contributed by atoms with E-state index in [0.29, 0.717) is 24.5 Å². The molecule has 0 aliphatic rings. The molecule has 0 fully saturated rings. The number of nitro groups is 3. The zero-order valence-electron chi connectivity index (χ0n) is 57.3. The summed E-state index contributed by atoms with van der Waals surface area (Å²) in [5, 5.41) is 34.7. The van der Waals surface area contributed by atoms with E-state index in [0.717, 1.165) is 65.5 Å². The number of rotatable bonds is 15. The minimum Gasteiger partial charge on any atom is -0.450 e. The fourth-order valence-corrected chi connectivity index (χ4v) is 8.36. The summed E-state index contributed by atoms with van der Waals surface area (Å²) in [7, 11) is 5.91. The number of anilines is 8. The minimum absolute atomic E-state index is 0.0423. The Hall–Kier alpha value is -9.80. The maximum atomic E-state index is 12.7. The lowest BCUT2D eigenvalue weighted by Gasteiger charge is -2.23. The Balaban J connectivity index is 0. The number of nitrogen functional groups attached to an aromatic ring is 4. The van der Waals surface area contributed by atoms with Gasteiger partial charge in [-0.15, -0.1) is 0 Å². The number of alkyl halides is 1. The second kappa shape index (κ2) is 48.1. The quantitative estimate of drug-likeness (QED) is 0.0240. The van der Waals surface area contributed by atoms with E-state index in [1.54, 1.807) is 39.0 Å². The van der Waals surface area contributed by atoms with Gasteiger partial charge in [-0.3, -0.25) is 35.7 Å². The fraction of sp³-hybridized carbons (Fsp3) is 0.310. The SMILES string of the molecule is CBr.CC.CC.CC.CC.CCOC(=O)Nc1ccc(N(C)Cc2ccccc2)c(C)c1N.Cc1c(F)ccc([N+](=O)[O-])c1N.Cc1c(N(C)Cc2ccccc2)ccc([N+](=O)[O-])c1N.Cc1c(N(C)Cc2ccccc2)ccc([N+](=O)[O-])c1N.NCc1ccccc1. The van der Waals surface area contributed by atoms with Crippen LogP contribution in [0.4, 0.5) is 71.7 Å². The van der Waals surface area contributed by atoms with Crippen LogP contribution < -0.4 is 48.7 Å². The number of hydrogen-bond acceptors (Lipinski definition) is 16. The van der Waals surface area contributed by atoms with Gasteiger partial charge in [-0.25, -0.2) is 9.18 Å². The van der Waals surface area contributed by atoms with Crippen LogP contribution in [-0.4, -0.2) is 54.4 Å². The van der Waals surface area contributed by atoms with E-state index in [1.807, 2.05) is 214 Å².